The van der Waals surface area contributed by atoms with Crippen LogP contribution in [-0.2, 0) is 13.1 Å². The normalized spacial score (nSPS) is 12.8. The van der Waals surface area contributed by atoms with Crippen molar-refractivity contribution in [2.24, 2.45) is 0 Å². The third-order valence-corrected chi connectivity index (χ3v) is 4.01. The predicted molar refractivity (Wildman–Crippen MR) is 74.3 cm³/mol. The molecule has 0 saturated carbocycles. The summed E-state index contributed by atoms with van der Waals surface area (Å²) >= 11 is 1.83. The highest BCUT2D eigenvalue weighted by atomic mass is 32.1. The van der Waals surface area contributed by atoms with Gasteiger partial charge in [-0.1, -0.05) is 13.0 Å². The van der Waals surface area contributed by atoms with E-state index >= 15 is 0 Å². The number of hydrogen-bond acceptors (Lipinski definition) is 2. The first kappa shape index (κ1) is 12.4. The number of aromatic nitrogens is 1. The second-order valence-corrected chi connectivity index (χ2v) is 5.19. The van der Waals surface area contributed by atoms with Crippen LogP contribution in [0.3, 0.4) is 0 Å². The van der Waals surface area contributed by atoms with Crippen LogP contribution in [0.2, 0.25) is 0 Å². The van der Waals surface area contributed by atoms with Crippen molar-refractivity contribution in [2.75, 3.05) is 0 Å². The maximum absolute atomic E-state index is 3.62. The van der Waals surface area contributed by atoms with Crippen molar-refractivity contribution < 1.29 is 0 Å². The first-order valence-electron chi connectivity index (χ1n) is 6.25. The van der Waals surface area contributed by atoms with Crippen molar-refractivity contribution >= 4 is 11.3 Å². The van der Waals surface area contributed by atoms with Crippen LogP contribution in [-0.4, -0.2) is 4.57 Å². The number of thiophene rings is 1. The number of aryl methyl sites for hydroxylation is 1. The molecule has 92 valence electrons. The third-order valence-electron chi connectivity index (χ3n) is 3.02. The van der Waals surface area contributed by atoms with Gasteiger partial charge in [-0.05, 0) is 36.4 Å². The van der Waals surface area contributed by atoms with Gasteiger partial charge in [-0.15, -0.1) is 11.3 Å². The Hall–Kier alpha value is -1.06. The van der Waals surface area contributed by atoms with Crippen molar-refractivity contribution in [2.45, 2.75) is 39.4 Å². The van der Waals surface area contributed by atoms with Gasteiger partial charge in [-0.25, -0.2) is 0 Å². The monoisotopic (exact) mass is 248 g/mol. The van der Waals surface area contributed by atoms with Gasteiger partial charge in [0.15, 0.2) is 0 Å². The summed E-state index contributed by atoms with van der Waals surface area (Å²) in [4.78, 5) is 1.43. The zero-order valence-corrected chi connectivity index (χ0v) is 11.3. The van der Waals surface area contributed by atoms with Crippen LogP contribution in [0, 0.1) is 0 Å². The summed E-state index contributed by atoms with van der Waals surface area (Å²) in [7, 11) is 0. The molecule has 0 aliphatic rings. The van der Waals surface area contributed by atoms with Crippen LogP contribution in [0.5, 0.6) is 0 Å². The molecular formula is C14H20N2S. The second-order valence-electron chi connectivity index (χ2n) is 4.21. The molecule has 3 heteroatoms. The summed E-state index contributed by atoms with van der Waals surface area (Å²) in [5, 5.41) is 5.77. The maximum Gasteiger partial charge on any atom is 0.0414 e. The molecule has 17 heavy (non-hydrogen) atoms. The van der Waals surface area contributed by atoms with E-state index in [4.69, 9.17) is 0 Å². The Labute approximate surface area is 107 Å². The van der Waals surface area contributed by atoms with Crippen LogP contribution in [0.25, 0.3) is 0 Å². The molecule has 1 atom stereocenters. The summed E-state index contributed by atoms with van der Waals surface area (Å²) in [5.74, 6) is 0. The van der Waals surface area contributed by atoms with Crippen LogP contribution in [0.1, 0.15) is 36.8 Å². The SMILES string of the molecule is CCC(NCc1ccn(CC)c1)c1cccs1. The highest BCUT2D eigenvalue weighted by molar-refractivity contribution is 7.10. The van der Waals surface area contributed by atoms with Gasteiger partial charge in [-0.2, -0.15) is 0 Å². The zero-order chi connectivity index (χ0) is 12.1. The molecule has 0 fully saturated rings. The Balaban J connectivity index is 1.92. The fraction of sp³-hybridized carbons (Fsp3) is 0.429. The van der Waals surface area contributed by atoms with Gasteiger partial charge in [0.25, 0.3) is 0 Å². The van der Waals surface area contributed by atoms with E-state index in [0.29, 0.717) is 6.04 Å². The van der Waals surface area contributed by atoms with Crippen molar-refractivity contribution in [1.29, 1.82) is 0 Å². The molecule has 0 aliphatic carbocycles. The fourth-order valence-electron chi connectivity index (χ4n) is 1.97. The Morgan fingerprint density at radius 2 is 2.24 bits per heavy atom. The molecule has 0 bridgehead atoms. The van der Waals surface area contributed by atoms with Gasteiger partial charge < -0.3 is 9.88 Å². The smallest absolute Gasteiger partial charge is 0.0414 e. The summed E-state index contributed by atoms with van der Waals surface area (Å²) < 4.78 is 2.21. The first-order valence-corrected chi connectivity index (χ1v) is 7.13. The summed E-state index contributed by atoms with van der Waals surface area (Å²) in [5.41, 5.74) is 1.36. The highest BCUT2D eigenvalue weighted by Crippen LogP contribution is 2.22. The number of nitrogens with zero attached hydrogens (tertiary/aromatic N) is 1. The molecule has 2 rings (SSSR count). The number of nitrogens with one attached hydrogen (secondary N) is 1. The molecule has 1 unspecified atom stereocenters. The van der Waals surface area contributed by atoms with Crippen LogP contribution in [0.15, 0.2) is 36.0 Å². The topological polar surface area (TPSA) is 17.0 Å². The minimum atomic E-state index is 0.486. The van der Waals surface area contributed by atoms with Gasteiger partial charge in [-0.3, -0.25) is 0 Å². The van der Waals surface area contributed by atoms with Crippen LogP contribution < -0.4 is 5.32 Å². The van der Waals surface area contributed by atoms with E-state index in [-0.39, 0.29) is 0 Å². The molecule has 2 nitrogen and oxygen atoms in total. The summed E-state index contributed by atoms with van der Waals surface area (Å²) in [6.07, 6.45) is 5.49. The molecule has 0 aliphatic heterocycles. The van der Waals surface area contributed by atoms with E-state index in [1.165, 1.54) is 10.4 Å². The molecular weight excluding hydrogens is 228 g/mol. The minimum absolute atomic E-state index is 0.486. The average molecular weight is 248 g/mol. The van der Waals surface area contributed by atoms with E-state index in [9.17, 15) is 0 Å². The standard InChI is InChI=1S/C14H20N2S/c1-3-13(14-6-5-9-17-14)15-10-12-7-8-16(4-2)11-12/h5-9,11,13,15H,3-4,10H2,1-2H3. The Kier molecular flexibility index (Phi) is 4.40. The van der Waals surface area contributed by atoms with E-state index in [0.717, 1.165) is 19.5 Å². The van der Waals surface area contributed by atoms with Crippen molar-refractivity contribution in [3.63, 3.8) is 0 Å². The Morgan fingerprint density at radius 1 is 1.35 bits per heavy atom. The first-order chi connectivity index (χ1) is 8.33. The molecule has 0 saturated heterocycles. The predicted octanol–water partition coefficient (Wildman–Crippen LogP) is 3.81. The molecule has 2 aromatic heterocycles. The third kappa shape index (κ3) is 3.20. The molecule has 2 heterocycles. The van der Waals surface area contributed by atoms with Crippen molar-refractivity contribution in [3.05, 3.63) is 46.4 Å². The Bertz CT molecular complexity index is 431. The number of rotatable bonds is 6. The van der Waals surface area contributed by atoms with Gasteiger partial charge in [0.2, 0.25) is 0 Å². The van der Waals surface area contributed by atoms with E-state index in [1.807, 2.05) is 11.3 Å². The molecule has 0 radical (unpaired) electrons. The van der Waals surface area contributed by atoms with Gasteiger partial charge in [0.05, 0.1) is 0 Å². The fourth-order valence-corrected chi connectivity index (χ4v) is 2.85. The maximum atomic E-state index is 3.62. The van der Waals surface area contributed by atoms with E-state index < -0.39 is 0 Å². The minimum Gasteiger partial charge on any atom is -0.354 e. The molecule has 0 spiro atoms. The number of hydrogen-bond donors (Lipinski definition) is 1. The lowest BCUT2D eigenvalue weighted by atomic mass is 10.2. The van der Waals surface area contributed by atoms with Crippen LogP contribution >= 0.6 is 11.3 Å². The summed E-state index contributed by atoms with van der Waals surface area (Å²) in [6.45, 7) is 6.39. The lowest BCUT2D eigenvalue weighted by molar-refractivity contribution is 0.526. The van der Waals surface area contributed by atoms with E-state index in [1.54, 1.807) is 0 Å². The molecule has 0 aromatic carbocycles. The van der Waals surface area contributed by atoms with Crippen LogP contribution in [0.4, 0.5) is 0 Å². The largest absolute Gasteiger partial charge is 0.354 e. The van der Waals surface area contributed by atoms with Crippen molar-refractivity contribution in [3.8, 4) is 0 Å². The highest BCUT2D eigenvalue weighted by Gasteiger charge is 2.09. The van der Waals surface area contributed by atoms with Gasteiger partial charge >= 0.3 is 0 Å². The van der Waals surface area contributed by atoms with E-state index in [2.05, 4.69) is 59.7 Å². The molecule has 2 aromatic rings. The molecule has 1 N–H and O–H groups in total. The Morgan fingerprint density at radius 3 is 2.82 bits per heavy atom. The quantitative estimate of drug-likeness (QED) is 0.822. The zero-order valence-electron chi connectivity index (χ0n) is 10.5. The van der Waals surface area contributed by atoms with Crippen molar-refractivity contribution in [1.82, 2.24) is 9.88 Å². The lowest BCUT2D eigenvalue weighted by Crippen LogP contribution is -2.19. The molecule has 0 amide bonds. The van der Waals surface area contributed by atoms with Gasteiger partial charge in [0.1, 0.15) is 0 Å². The second kappa shape index (κ2) is 6.03. The summed E-state index contributed by atoms with van der Waals surface area (Å²) in [6, 6.07) is 7.01. The van der Waals surface area contributed by atoms with Gasteiger partial charge in [0, 0.05) is 36.4 Å². The lowest BCUT2D eigenvalue weighted by Gasteiger charge is -2.14. The average Bonchev–Trinajstić information content (AvgIpc) is 3.00.